The largest absolute Gasteiger partial charge is 0.457 e. The quantitative estimate of drug-likeness (QED) is 0.0172. The van der Waals surface area contributed by atoms with Crippen LogP contribution in [0.25, 0.3) is 0 Å². The molecular weight excluding hydrogens is 981 g/mol. The first kappa shape index (κ1) is 71.3. The molecule has 2 aliphatic heterocycles. The van der Waals surface area contributed by atoms with E-state index in [2.05, 4.69) is 50.3 Å². The van der Waals surface area contributed by atoms with Gasteiger partial charge in [-0.05, 0) is 70.6 Å². The van der Waals surface area contributed by atoms with Crippen molar-refractivity contribution < 1.29 is 69.0 Å². The van der Waals surface area contributed by atoms with Crippen molar-refractivity contribution in [2.45, 2.75) is 325 Å². The highest BCUT2D eigenvalue weighted by molar-refractivity contribution is 5.69. The molecule has 2 saturated heterocycles. The second-order valence-corrected chi connectivity index (χ2v) is 22.2. The summed E-state index contributed by atoms with van der Waals surface area (Å²) in [6, 6.07) is 0. The van der Waals surface area contributed by atoms with Gasteiger partial charge in [0.15, 0.2) is 12.6 Å². The molecule has 2 heterocycles. The number of aliphatic hydroxyl groups excluding tert-OH is 7. The predicted molar refractivity (Wildman–Crippen MR) is 307 cm³/mol. The molecule has 0 amide bonds. The smallest absolute Gasteiger partial charge is 0.306 e. The highest BCUT2D eigenvalue weighted by atomic mass is 16.7. The lowest BCUT2D eigenvalue weighted by molar-refractivity contribution is -0.332. The van der Waals surface area contributed by atoms with Gasteiger partial charge in [0.05, 0.1) is 26.4 Å². The molecule has 0 saturated carbocycles. The lowest BCUT2D eigenvalue weighted by Crippen LogP contribution is -2.61. The third kappa shape index (κ3) is 36.3. The summed E-state index contributed by atoms with van der Waals surface area (Å²) < 4.78 is 34.5. The minimum Gasteiger partial charge on any atom is -0.457 e. The maximum Gasteiger partial charge on any atom is 0.306 e. The molecule has 2 fully saturated rings. The lowest BCUT2D eigenvalue weighted by atomic mass is 9.98. The molecule has 0 bridgehead atoms. The van der Waals surface area contributed by atoms with Gasteiger partial charge in [-0.2, -0.15) is 0 Å². The topological polar surface area (TPSA) is 214 Å². The van der Waals surface area contributed by atoms with Gasteiger partial charge >= 0.3 is 5.97 Å². The summed E-state index contributed by atoms with van der Waals surface area (Å²) in [6.45, 7) is 3.71. The maximum atomic E-state index is 13.1. The van der Waals surface area contributed by atoms with Gasteiger partial charge in [-0.25, -0.2) is 0 Å². The van der Waals surface area contributed by atoms with E-state index in [0.29, 0.717) is 13.0 Å². The third-order valence-electron chi connectivity index (χ3n) is 15.1. The second kappa shape index (κ2) is 50.0. The summed E-state index contributed by atoms with van der Waals surface area (Å²) in [5.74, 6) is -0.377. The van der Waals surface area contributed by atoms with Crippen molar-refractivity contribution in [2.24, 2.45) is 0 Å². The molecule has 452 valence electrons. The van der Waals surface area contributed by atoms with E-state index in [4.69, 9.17) is 28.4 Å². The number of allylic oxidation sites excluding steroid dienone is 6. The third-order valence-corrected chi connectivity index (χ3v) is 15.1. The Morgan fingerprint density at radius 2 is 0.805 bits per heavy atom. The van der Waals surface area contributed by atoms with Crippen molar-refractivity contribution in [1.82, 2.24) is 0 Å². The van der Waals surface area contributed by atoms with E-state index in [1.165, 1.54) is 180 Å². The number of ether oxygens (including phenoxy) is 6. The van der Waals surface area contributed by atoms with Crippen LogP contribution < -0.4 is 0 Å². The minimum absolute atomic E-state index is 0.0619. The molecule has 0 aromatic rings. The molecule has 2 aliphatic rings. The van der Waals surface area contributed by atoms with E-state index in [1.807, 2.05) is 0 Å². The fourth-order valence-electron chi connectivity index (χ4n) is 10.0. The number of aliphatic hydroxyl groups is 7. The first-order valence-corrected chi connectivity index (χ1v) is 31.6. The normalized spacial score (nSPS) is 24.5. The number of unbranched alkanes of at least 4 members (excludes halogenated alkanes) is 32. The Morgan fingerprint density at radius 1 is 0.429 bits per heavy atom. The molecule has 0 aromatic heterocycles. The minimum atomic E-state index is -1.71. The Morgan fingerprint density at radius 3 is 1.26 bits per heavy atom. The Labute approximate surface area is 468 Å². The Kier molecular flexibility index (Phi) is 46.3. The second-order valence-electron chi connectivity index (χ2n) is 22.2. The van der Waals surface area contributed by atoms with Gasteiger partial charge in [0.25, 0.3) is 0 Å². The van der Waals surface area contributed by atoms with Crippen molar-refractivity contribution in [3.63, 3.8) is 0 Å². The predicted octanol–water partition coefficient (Wildman–Crippen LogP) is 12.1. The standard InChI is InChI=1S/C63H116O14/c1-3-5-7-9-11-13-15-17-19-21-22-23-24-25-26-27-28-29-31-33-35-37-39-41-43-45-47-72-49-52(75-55(65)46-44-42-40-38-36-34-32-30-20-18-16-14-12-10-8-6-4-2)50-73-62-61(71)59(69)57(67)54(77-62)51-74-63-60(70)58(68)56(66)53(48-64)76-63/h15,17-18,20-22,52-54,56-64,66-71H,3-14,16,19,23-51H2,1-2H3/b17-15-,20-18-,22-21-. The first-order chi connectivity index (χ1) is 37.6. The van der Waals surface area contributed by atoms with Gasteiger partial charge in [0.2, 0.25) is 0 Å². The van der Waals surface area contributed by atoms with E-state index >= 15 is 0 Å². The summed E-state index contributed by atoms with van der Waals surface area (Å²) in [7, 11) is 0. The number of hydrogen-bond acceptors (Lipinski definition) is 14. The monoisotopic (exact) mass is 1100 g/mol. The Balaban J connectivity index is 1.66. The van der Waals surface area contributed by atoms with Crippen LogP contribution in [0.1, 0.15) is 258 Å². The van der Waals surface area contributed by atoms with Gasteiger partial charge < -0.3 is 64.2 Å². The Hall–Kier alpha value is -1.79. The molecule has 11 unspecified atom stereocenters. The van der Waals surface area contributed by atoms with Crippen molar-refractivity contribution in [1.29, 1.82) is 0 Å². The molecule has 0 radical (unpaired) electrons. The molecule has 77 heavy (non-hydrogen) atoms. The SMILES string of the molecule is CCCCCCC/C=C\C/C=C\CCCCCCCCCCCCCCCCOCC(COC1OC(COC2OC(CO)C(O)C(O)C2O)C(O)C(O)C1O)OC(=O)CCCCCCCCC/C=C\CCCCCCCC. The van der Waals surface area contributed by atoms with Crippen molar-refractivity contribution in [3.05, 3.63) is 36.5 Å². The molecule has 11 atom stereocenters. The van der Waals surface area contributed by atoms with Crippen molar-refractivity contribution in [2.75, 3.05) is 33.0 Å². The van der Waals surface area contributed by atoms with Crippen LogP contribution in [-0.2, 0) is 33.2 Å². The van der Waals surface area contributed by atoms with E-state index in [9.17, 15) is 40.5 Å². The van der Waals surface area contributed by atoms with Gasteiger partial charge in [0.1, 0.15) is 54.9 Å². The zero-order valence-electron chi connectivity index (χ0n) is 48.7. The fraction of sp³-hybridized carbons (Fsp3) is 0.889. The summed E-state index contributed by atoms with van der Waals surface area (Å²) in [4.78, 5) is 13.1. The molecule has 0 aliphatic carbocycles. The number of carbonyl (C=O) groups excluding carboxylic acids is 1. The van der Waals surface area contributed by atoms with Crippen LogP contribution in [0.2, 0.25) is 0 Å². The van der Waals surface area contributed by atoms with Gasteiger partial charge in [-0.3, -0.25) is 4.79 Å². The maximum absolute atomic E-state index is 13.1. The molecule has 0 spiro atoms. The summed E-state index contributed by atoms with van der Waals surface area (Å²) >= 11 is 0. The van der Waals surface area contributed by atoms with E-state index in [0.717, 1.165) is 51.4 Å². The van der Waals surface area contributed by atoms with E-state index in [1.54, 1.807) is 0 Å². The number of hydrogen-bond donors (Lipinski definition) is 7. The van der Waals surface area contributed by atoms with Crippen LogP contribution in [0, 0.1) is 0 Å². The molecule has 2 rings (SSSR count). The average Bonchev–Trinajstić information content (AvgIpc) is 3.43. The summed E-state index contributed by atoms with van der Waals surface area (Å²) in [6.07, 6.45) is 43.5. The number of rotatable bonds is 52. The van der Waals surface area contributed by atoms with Crippen LogP contribution >= 0.6 is 0 Å². The average molecular weight is 1100 g/mol. The van der Waals surface area contributed by atoms with E-state index < -0.39 is 80.7 Å². The highest BCUT2D eigenvalue weighted by Gasteiger charge is 2.47. The van der Waals surface area contributed by atoms with Crippen molar-refractivity contribution >= 4 is 5.97 Å². The molecule has 14 heteroatoms. The molecule has 7 N–H and O–H groups in total. The van der Waals surface area contributed by atoms with Crippen LogP contribution in [0.4, 0.5) is 0 Å². The number of esters is 1. The van der Waals surface area contributed by atoms with Crippen LogP contribution in [0.3, 0.4) is 0 Å². The first-order valence-electron chi connectivity index (χ1n) is 31.6. The zero-order chi connectivity index (χ0) is 55.8. The van der Waals surface area contributed by atoms with Crippen LogP contribution in [0.5, 0.6) is 0 Å². The van der Waals surface area contributed by atoms with Crippen LogP contribution in [0.15, 0.2) is 36.5 Å². The van der Waals surface area contributed by atoms with Crippen LogP contribution in [-0.4, -0.2) is 142 Å². The van der Waals surface area contributed by atoms with Gasteiger partial charge in [-0.1, -0.05) is 217 Å². The highest BCUT2D eigenvalue weighted by Crippen LogP contribution is 2.27. The summed E-state index contributed by atoms with van der Waals surface area (Å²) in [5, 5.41) is 72.4. The number of carbonyl (C=O) groups is 1. The van der Waals surface area contributed by atoms with E-state index in [-0.39, 0.29) is 25.6 Å². The van der Waals surface area contributed by atoms with Gasteiger partial charge in [-0.15, -0.1) is 0 Å². The molecule has 0 aromatic carbocycles. The Bertz CT molecular complexity index is 1410. The molecular formula is C63H116O14. The van der Waals surface area contributed by atoms with Gasteiger partial charge in [0, 0.05) is 13.0 Å². The van der Waals surface area contributed by atoms with Crippen molar-refractivity contribution in [3.8, 4) is 0 Å². The fourth-order valence-corrected chi connectivity index (χ4v) is 10.0. The molecule has 14 nitrogen and oxygen atoms in total. The summed E-state index contributed by atoms with van der Waals surface area (Å²) in [5.41, 5.74) is 0. The zero-order valence-corrected chi connectivity index (χ0v) is 48.7. The lowest BCUT2D eigenvalue weighted by Gasteiger charge is -2.42.